The van der Waals surface area contributed by atoms with E-state index in [1.165, 1.54) is 5.56 Å². The topological polar surface area (TPSA) is 46.9 Å². The van der Waals surface area contributed by atoms with E-state index in [1.807, 2.05) is 35.5 Å². The molecule has 1 amide bonds. The third kappa shape index (κ3) is 3.31. The molecule has 5 heteroatoms. The molecule has 3 aromatic rings. The van der Waals surface area contributed by atoms with Gasteiger partial charge in [0.15, 0.2) is 0 Å². The number of nitrogens with one attached hydrogen (secondary N) is 1. The second-order valence-electron chi connectivity index (χ2n) is 5.03. The van der Waals surface area contributed by atoms with Crippen molar-refractivity contribution in [3.63, 3.8) is 0 Å². The molecule has 0 aliphatic rings. The zero-order chi connectivity index (χ0) is 14.7. The van der Waals surface area contributed by atoms with Crippen LogP contribution in [0.25, 0.3) is 11.0 Å². The number of carbonyl (C=O) groups is 1. The second kappa shape index (κ2) is 6.10. The van der Waals surface area contributed by atoms with Crippen LogP contribution in [0.2, 0.25) is 0 Å². The average Bonchev–Trinajstić information content (AvgIpc) is 3.09. The van der Waals surface area contributed by atoms with Crippen molar-refractivity contribution in [2.45, 2.75) is 12.8 Å². The standard InChI is InChI=1S/C16H17N3OS/c1-19-11-18-14-9-12(4-5-15(14)19)6-7-17-16(20)10-13-3-2-8-21-13/h2-5,8-9,11H,6-7,10H2,1H3,(H,17,20). The Labute approximate surface area is 127 Å². The van der Waals surface area contributed by atoms with E-state index in [0.29, 0.717) is 13.0 Å². The van der Waals surface area contributed by atoms with Gasteiger partial charge in [-0.25, -0.2) is 4.98 Å². The van der Waals surface area contributed by atoms with Gasteiger partial charge in [0.2, 0.25) is 5.91 Å². The molecule has 0 aliphatic heterocycles. The maximum Gasteiger partial charge on any atom is 0.225 e. The summed E-state index contributed by atoms with van der Waals surface area (Å²) in [5.74, 6) is 0.0800. The number of benzene rings is 1. The normalized spacial score (nSPS) is 10.9. The smallest absolute Gasteiger partial charge is 0.225 e. The van der Waals surface area contributed by atoms with Crippen LogP contribution in [-0.4, -0.2) is 22.0 Å². The maximum absolute atomic E-state index is 11.8. The van der Waals surface area contributed by atoms with Gasteiger partial charge in [-0.15, -0.1) is 11.3 Å². The summed E-state index contributed by atoms with van der Waals surface area (Å²) in [6.45, 7) is 0.655. The SMILES string of the molecule is Cn1cnc2cc(CCNC(=O)Cc3cccs3)ccc21. The Bertz CT molecular complexity index is 746. The van der Waals surface area contributed by atoms with E-state index in [-0.39, 0.29) is 5.91 Å². The van der Waals surface area contributed by atoms with Gasteiger partial charge >= 0.3 is 0 Å². The predicted octanol–water partition coefficient (Wildman–Crippen LogP) is 2.54. The molecule has 108 valence electrons. The van der Waals surface area contributed by atoms with Gasteiger partial charge in [-0.3, -0.25) is 4.79 Å². The Kier molecular flexibility index (Phi) is 4.01. The molecule has 0 atom stereocenters. The molecule has 1 N–H and O–H groups in total. The number of imidazole rings is 1. The van der Waals surface area contributed by atoms with Crippen LogP contribution in [0.3, 0.4) is 0 Å². The molecule has 0 spiro atoms. The Morgan fingerprint density at radius 1 is 1.38 bits per heavy atom. The second-order valence-corrected chi connectivity index (χ2v) is 6.07. The summed E-state index contributed by atoms with van der Waals surface area (Å²) < 4.78 is 2.00. The summed E-state index contributed by atoms with van der Waals surface area (Å²) in [4.78, 5) is 17.2. The van der Waals surface area contributed by atoms with Crippen LogP contribution in [0, 0.1) is 0 Å². The van der Waals surface area contributed by atoms with Crippen molar-refractivity contribution in [3.05, 3.63) is 52.5 Å². The summed E-state index contributed by atoms with van der Waals surface area (Å²) in [7, 11) is 1.99. The Balaban J connectivity index is 1.53. The van der Waals surface area contributed by atoms with Crippen LogP contribution in [-0.2, 0) is 24.7 Å². The molecule has 0 fully saturated rings. The van der Waals surface area contributed by atoms with Crippen LogP contribution in [0.5, 0.6) is 0 Å². The number of hydrogen-bond donors (Lipinski definition) is 1. The minimum atomic E-state index is 0.0800. The van der Waals surface area contributed by atoms with Gasteiger partial charge in [-0.05, 0) is 35.6 Å². The number of carbonyl (C=O) groups excluding carboxylic acids is 1. The number of fused-ring (bicyclic) bond motifs is 1. The molecule has 21 heavy (non-hydrogen) atoms. The summed E-state index contributed by atoms with van der Waals surface area (Å²) in [5, 5.41) is 4.96. The fraction of sp³-hybridized carbons (Fsp3) is 0.250. The van der Waals surface area contributed by atoms with Gasteiger partial charge in [0, 0.05) is 18.5 Å². The number of hydrogen-bond acceptors (Lipinski definition) is 3. The molecule has 0 saturated heterocycles. The van der Waals surface area contributed by atoms with Gasteiger partial charge in [0.25, 0.3) is 0 Å². The number of amides is 1. The first-order valence-electron chi connectivity index (χ1n) is 6.91. The first-order valence-corrected chi connectivity index (χ1v) is 7.79. The van der Waals surface area contributed by atoms with Crippen LogP contribution >= 0.6 is 11.3 Å². The fourth-order valence-electron chi connectivity index (χ4n) is 2.32. The number of aromatic nitrogens is 2. The van der Waals surface area contributed by atoms with Crippen molar-refractivity contribution in [2.75, 3.05) is 6.54 Å². The zero-order valence-electron chi connectivity index (χ0n) is 11.9. The molecule has 4 nitrogen and oxygen atoms in total. The van der Waals surface area contributed by atoms with Crippen molar-refractivity contribution in [3.8, 4) is 0 Å². The lowest BCUT2D eigenvalue weighted by Gasteiger charge is -2.05. The first-order chi connectivity index (χ1) is 10.2. The van der Waals surface area contributed by atoms with Gasteiger partial charge in [0.05, 0.1) is 23.8 Å². The Morgan fingerprint density at radius 2 is 2.29 bits per heavy atom. The molecule has 0 bridgehead atoms. The number of nitrogens with zero attached hydrogens (tertiary/aromatic N) is 2. The lowest BCUT2D eigenvalue weighted by Crippen LogP contribution is -2.26. The number of aryl methyl sites for hydroxylation is 1. The molecule has 2 heterocycles. The van der Waals surface area contributed by atoms with Gasteiger partial charge < -0.3 is 9.88 Å². The highest BCUT2D eigenvalue weighted by atomic mass is 32.1. The quantitative estimate of drug-likeness (QED) is 0.787. The summed E-state index contributed by atoms with van der Waals surface area (Å²) in [5.41, 5.74) is 3.32. The van der Waals surface area contributed by atoms with Crippen molar-refractivity contribution in [1.82, 2.24) is 14.9 Å². The van der Waals surface area contributed by atoms with E-state index in [2.05, 4.69) is 28.5 Å². The van der Waals surface area contributed by atoms with Gasteiger partial charge in [-0.2, -0.15) is 0 Å². The first kappa shape index (κ1) is 13.8. The fourth-order valence-corrected chi connectivity index (χ4v) is 3.02. The Hall–Kier alpha value is -2.14. The van der Waals surface area contributed by atoms with Crippen LogP contribution in [0.1, 0.15) is 10.4 Å². The molecule has 0 aliphatic carbocycles. The maximum atomic E-state index is 11.8. The van der Waals surface area contributed by atoms with E-state index in [4.69, 9.17) is 0 Å². The van der Waals surface area contributed by atoms with Crippen molar-refractivity contribution >= 4 is 28.3 Å². The minimum absolute atomic E-state index is 0.0800. The highest BCUT2D eigenvalue weighted by Gasteiger charge is 2.05. The van der Waals surface area contributed by atoms with Crippen LogP contribution in [0.4, 0.5) is 0 Å². The van der Waals surface area contributed by atoms with Crippen LogP contribution in [0.15, 0.2) is 42.0 Å². The van der Waals surface area contributed by atoms with E-state index in [0.717, 1.165) is 22.3 Å². The van der Waals surface area contributed by atoms with Gasteiger partial charge in [0.1, 0.15) is 0 Å². The van der Waals surface area contributed by atoms with Crippen molar-refractivity contribution in [1.29, 1.82) is 0 Å². The summed E-state index contributed by atoms with van der Waals surface area (Å²) in [6, 6.07) is 10.2. The average molecular weight is 299 g/mol. The van der Waals surface area contributed by atoms with E-state index in [1.54, 1.807) is 11.3 Å². The highest BCUT2D eigenvalue weighted by Crippen LogP contribution is 2.14. The third-order valence-corrected chi connectivity index (χ3v) is 4.32. The lowest BCUT2D eigenvalue weighted by molar-refractivity contribution is -0.120. The largest absolute Gasteiger partial charge is 0.355 e. The van der Waals surface area contributed by atoms with E-state index < -0.39 is 0 Å². The minimum Gasteiger partial charge on any atom is -0.355 e. The molecule has 2 aromatic heterocycles. The zero-order valence-corrected chi connectivity index (χ0v) is 12.7. The van der Waals surface area contributed by atoms with E-state index in [9.17, 15) is 4.79 Å². The molecule has 0 unspecified atom stereocenters. The molecular weight excluding hydrogens is 282 g/mol. The molecule has 1 aromatic carbocycles. The van der Waals surface area contributed by atoms with Crippen LogP contribution < -0.4 is 5.32 Å². The summed E-state index contributed by atoms with van der Waals surface area (Å²) in [6.07, 6.45) is 3.11. The monoisotopic (exact) mass is 299 g/mol. The van der Waals surface area contributed by atoms with Crippen molar-refractivity contribution < 1.29 is 4.79 Å². The molecule has 0 radical (unpaired) electrons. The number of thiophene rings is 1. The lowest BCUT2D eigenvalue weighted by atomic mass is 10.1. The molecule has 3 rings (SSSR count). The highest BCUT2D eigenvalue weighted by molar-refractivity contribution is 7.10. The van der Waals surface area contributed by atoms with Gasteiger partial charge in [-0.1, -0.05) is 12.1 Å². The predicted molar refractivity (Wildman–Crippen MR) is 85.5 cm³/mol. The summed E-state index contributed by atoms with van der Waals surface area (Å²) >= 11 is 1.61. The van der Waals surface area contributed by atoms with E-state index >= 15 is 0 Å². The molecule has 0 saturated carbocycles. The van der Waals surface area contributed by atoms with Crippen molar-refractivity contribution in [2.24, 2.45) is 7.05 Å². The third-order valence-electron chi connectivity index (χ3n) is 3.44. The molecular formula is C16H17N3OS. The number of rotatable bonds is 5. The Morgan fingerprint density at radius 3 is 3.10 bits per heavy atom.